The molecule has 3 aromatic carbocycles. The Labute approximate surface area is 268 Å². The Morgan fingerprint density at radius 3 is 2.42 bits per heavy atom. The molecule has 0 radical (unpaired) electrons. The van der Waals surface area contributed by atoms with Crippen molar-refractivity contribution in [2.24, 2.45) is 0 Å². The zero-order valence-corrected chi connectivity index (χ0v) is 26.6. The molecule has 1 amide bonds. The third-order valence-electron chi connectivity index (χ3n) is 8.03. The normalized spacial score (nSPS) is 14.9. The molecule has 3 aromatic rings. The summed E-state index contributed by atoms with van der Waals surface area (Å²) in [5.74, 6) is -0.102. The first kappa shape index (κ1) is 33.9. The van der Waals surface area contributed by atoms with Gasteiger partial charge < -0.3 is 9.64 Å². The molecular weight excluding hydrogens is 618 g/mol. The number of rotatable bonds is 13. The SMILES string of the molecule is CN(CC(CCN1CCC(N(CC#N)C(=O)OCc2ccc([N+](=O)[O-])cc2)CC1)c1cccc(Cl)c1)S(=O)(=O)c1ccccc1. The van der Waals surface area contributed by atoms with Crippen LogP contribution in [-0.4, -0.2) is 79.4 Å². The molecule has 1 aliphatic heterocycles. The van der Waals surface area contributed by atoms with Crippen molar-refractivity contribution in [3.8, 4) is 6.07 Å². The first-order valence-corrected chi connectivity index (χ1v) is 16.4. The number of hydrogen-bond acceptors (Lipinski definition) is 8. The lowest BCUT2D eigenvalue weighted by Gasteiger charge is -2.37. The molecule has 4 rings (SSSR count). The van der Waals surface area contributed by atoms with Gasteiger partial charge in [-0.15, -0.1) is 0 Å². The Hall–Kier alpha value is -4.02. The highest BCUT2D eigenvalue weighted by atomic mass is 35.5. The third kappa shape index (κ3) is 9.25. The smallest absolute Gasteiger partial charge is 0.411 e. The van der Waals surface area contributed by atoms with E-state index < -0.39 is 21.0 Å². The van der Waals surface area contributed by atoms with Gasteiger partial charge in [-0.25, -0.2) is 17.5 Å². The van der Waals surface area contributed by atoms with Crippen molar-refractivity contribution in [3.05, 3.63) is 105 Å². The van der Waals surface area contributed by atoms with E-state index in [1.54, 1.807) is 43.4 Å². The van der Waals surface area contributed by atoms with Crippen molar-refractivity contribution in [2.75, 3.05) is 39.8 Å². The molecule has 1 fully saturated rings. The lowest BCUT2D eigenvalue weighted by molar-refractivity contribution is -0.384. The second-order valence-electron chi connectivity index (χ2n) is 11.0. The van der Waals surface area contributed by atoms with E-state index in [1.807, 2.05) is 18.2 Å². The van der Waals surface area contributed by atoms with E-state index in [-0.39, 0.29) is 42.2 Å². The van der Waals surface area contributed by atoms with Crippen molar-refractivity contribution in [1.29, 1.82) is 5.26 Å². The van der Waals surface area contributed by atoms with Gasteiger partial charge in [0, 0.05) is 49.9 Å². The van der Waals surface area contributed by atoms with Crippen LogP contribution in [0, 0.1) is 21.4 Å². The lowest BCUT2D eigenvalue weighted by atomic mass is 9.94. The highest BCUT2D eigenvalue weighted by Crippen LogP contribution is 2.27. The van der Waals surface area contributed by atoms with E-state index in [0.717, 1.165) is 5.56 Å². The van der Waals surface area contributed by atoms with Crippen molar-refractivity contribution in [3.63, 3.8) is 0 Å². The van der Waals surface area contributed by atoms with Gasteiger partial charge in [-0.1, -0.05) is 41.9 Å². The lowest BCUT2D eigenvalue weighted by Crippen LogP contribution is -2.48. The van der Waals surface area contributed by atoms with E-state index in [2.05, 4.69) is 11.0 Å². The average molecular weight is 654 g/mol. The van der Waals surface area contributed by atoms with Crippen molar-refractivity contribution >= 4 is 33.4 Å². The van der Waals surface area contributed by atoms with Gasteiger partial charge in [0.2, 0.25) is 10.0 Å². The van der Waals surface area contributed by atoms with Crippen LogP contribution in [0.1, 0.15) is 36.3 Å². The molecule has 1 unspecified atom stereocenters. The predicted molar refractivity (Wildman–Crippen MR) is 170 cm³/mol. The number of likely N-dealkylation sites (N-methyl/N-ethyl adjacent to an activating group) is 1. The Bertz CT molecular complexity index is 1590. The Morgan fingerprint density at radius 2 is 1.80 bits per heavy atom. The Balaban J connectivity index is 1.34. The minimum atomic E-state index is -3.67. The fourth-order valence-electron chi connectivity index (χ4n) is 5.46. The number of piperidine rings is 1. The molecule has 1 aliphatic rings. The van der Waals surface area contributed by atoms with Gasteiger partial charge in [0.15, 0.2) is 0 Å². The third-order valence-corrected chi connectivity index (χ3v) is 10.1. The largest absolute Gasteiger partial charge is 0.445 e. The highest BCUT2D eigenvalue weighted by Gasteiger charge is 2.30. The standard InChI is InChI=1S/C32H36ClN5O6S/c1-35(45(42,43)31-8-3-2-4-9-31)23-27(26-6-5-7-28(33)22-26)14-18-36-19-15-29(16-20-36)37(21-17-34)32(39)44-24-25-10-12-30(13-11-25)38(40)41/h2-13,22,27,29H,14-16,18-21,23-24H2,1H3. The average Bonchev–Trinajstić information content (AvgIpc) is 3.05. The van der Waals surface area contributed by atoms with E-state index in [0.29, 0.717) is 49.5 Å². The molecule has 0 spiro atoms. The maximum absolute atomic E-state index is 13.2. The number of likely N-dealkylation sites (tertiary alicyclic amines) is 1. The van der Waals surface area contributed by atoms with Crippen molar-refractivity contribution in [1.82, 2.24) is 14.1 Å². The number of benzene rings is 3. The molecule has 13 heteroatoms. The van der Waals surface area contributed by atoms with Crippen LogP contribution in [0.15, 0.2) is 83.8 Å². The fourth-order valence-corrected chi connectivity index (χ4v) is 6.89. The molecule has 0 aromatic heterocycles. The molecule has 0 N–H and O–H groups in total. The number of halogens is 1. The summed E-state index contributed by atoms with van der Waals surface area (Å²) in [6, 6.07) is 23.5. The number of nitro groups is 1. The number of ether oxygens (including phenoxy) is 1. The monoisotopic (exact) mass is 653 g/mol. The van der Waals surface area contributed by atoms with E-state index >= 15 is 0 Å². The number of amides is 1. The maximum Gasteiger partial charge on any atom is 0.411 e. The molecule has 0 aliphatic carbocycles. The van der Waals surface area contributed by atoms with Gasteiger partial charge in [0.1, 0.15) is 13.2 Å². The maximum atomic E-state index is 13.2. The van der Waals surface area contributed by atoms with Crippen LogP contribution in [0.4, 0.5) is 10.5 Å². The molecule has 45 heavy (non-hydrogen) atoms. The summed E-state index contributed by atoms with van der Waals surface area (Å²) in [6.45, 7) is 2.22. The second-order valence-corrected chi connectivity index (χ2v) is 13.5. The minimum Gasteiger partial charge on any atom is -0.445 e. The number of hydrogen-bond donors (Lipinski definition) is 0. The molecule has 11 nitrogen and oxygen atoms in total. The summed E-state index contributed by atoms with van der Waals surface area (Å²) in [5.41, 5.74) is 1.52. The summed E-state index contributed by atoms with van der Waals surface area (Å²) in [7, 11) is -2.08. The number of nitrogens with zero attached hydrogens (tertiary/aromatic N) is 5. The molecular formula is C32H36ClN5O6S. The number of non-ortho nitro benzene ring substituents is 1. The van der Waals surface area contributed by atoms with Gasteiger partial charge >= 0.3 is 6.09 Å². The van der Waals surface area contributed by atoms with Gasteiger partial charge in [-0.05, 0) is 79.3 Å². The van der Waals surface area contributed by atoms with Crippen LogP contribution >= 0.6 is 11.6 Å². The van der Waals surface area contributed by atoms with E-state index in [9.17, 15) is 28.6 Å². The van der Waals surface area contributed by atoms with Crippen LogP contribution < -0.4 is 0 Å². The van der Waals surface area contributed by atoms with Crippen molar-refractivity contribution in [2.45, 2.75) is 42.7 Å². The second kappa shape index (κ2) is 15.8. The predicted octanol–water partition coefficient (Wildman–Crippen LogP) is 5.67. The van der Waals surface area contributed by atoms with Crippen molar-refractivity contribution < 1.29 is 22.9 Å². The number of carbonyl (C=O) groups is 1. The molecule has 1 saturated heterocycles. The molecule has 0 saturated carbocycles. The number of nitriles is 1. The zero-order valence-electron chi connectivity index (χ0n) is 25.0. The first-order chi connectivity index (χ1) is 21.6. The quantitative estimate of drug-likeness (QED) is 0.131. The summed E-state index contributed by atoms with van der Waals surface area (Å²) in [6.07, 6.45) is 1.40. The van der Waals surface area contributed by atoms with E-state index in [4.69, 9.17) is 16.3 Å². The topological polar surface area (TPSA) is 137 Å². The number of nitro benzene ring substituents is 1. The summed E-state index contributed by atoms with van der Waals surface area (Å²) in [5, 5.41) is 20.8. The van der Waals surface area contributed by atoms with Crippen LogP contribution in [0.5, 0.6) is 0 Å². The number of carbonyl (C=O) groups excluding carboxylic acids is 1. The summed E-state index contributed by atoms with van der Waals surface area (Å²) < 4.78 is 33.3. The molecule has 1 atom stereocenters. The summed E-state index contributed by atoms with van der Waals surface area (Å²) in [4.78, 5) is 27.3. The summed E-state index contributed by atoms with van der Waals surface area (Å²) >= 11 is 6.30. The minimum absolute atomic E-state index is 0.0499. The van der Waals surface area contributed by atoms with E-state index in [1.165, 1.54) is 33.5 Å². The molecule has 0 bridgehead atoms. The molecule has 1 heterocycles. The van der Waals surface area contributed by atoms with Gasteiger partial charge in [0.05, 0.1) is 15.9 Å². The van der Waals surface area contributed by atoms with Gasteiger partial charge in [0.25, 0.3) is 5.69 Å². The fraction of sp³-hybridized carbons (Fsp3) is 0.375. The van der Waals surface area contributed by atoms with Crippen LogP contribution in [0.25, 0.3) is 0 Å². The van der Waals surface area contributed by atoms with Gasteiger partial charge in [-0.2, -0.15) is 5.26 Å². The van der Waals surface area contributed by atoms with Gasteiger partial charge in [-0.3, -0.25) is 15.0 Å². The Kier molecular flexibility index (Phi) is 11.9. The molecule has 238 valence electrons. The van der Waals surface area contributed by atoms with Crippen LogP contribution in [-0.2, 0) is 21.4 Å². The van der Waals surface area contributed by atoms with Crippen LogP contribution in [0.3, 0.4) is 0 Å². The van der Waals surface area contributed by atoms with Crippen LogP contribution in [0.2, 0.25) is 5.02 Å². The first-order valence-electron chi connectivity index (χ1n) is 14.6. The highest BCUT2D eigenvalue weighted by molar-refractivity contribution is 7.89. The zero-order chi connectivity index (χ0) is 32.4. The Morgan fingerprint density at radius 1 is 1.11 bits per heavy atom. The number of sulfonamides is 1.